The van der Waals surface area contributed by atoms with Gasteiger partial charge in [0, 0.05) is 0 Å². The third-order valence-electron chi connectivity index (χ3n) is 2.42. The first kappa shape index (κ1) is 10.5. The van der Waals surface area contributed by atoms with E-state index in [1.54, 1.807) is 0 Å². The number of rotatable bonds is 1. The Labute approximate surface area is 99.1 Å². The summed E-state index contributed by atoms with van der Waals surface area (Å²) in [4.78, 5) is 7.60. The average molecular weight is 248 g/mol. The Bertz CT molecular complexity index is 718. The molecular weight excluding hydrogens is 242 g/mol. The number of halogens is 2. The summed E-state index contributed by atoms with van der Waals surface area (Å²) in [5, 5.41) is 7.36. The maximum atomic E-state index is 13.6. The first-order chi connectivity index (χ1) is 8.68. The van der Waals surface area contributed by atoms with Crippen LogP contribution in [0.4, 0.5) is 14.6 Å². The molecule has 0 saturated carbocycles. The van der Waals surface area contributed by atoms with Gasteiger partial charge < -0.3 is 5.73 Å². The summed E-state index contributed by atoms with van der Waals surface area (Å²) in [5.74, 6) is -1.43. The minimum atomic E-state index is -0.765. The van der Waals surface area contributed by atoms with E-state index in [1.165, 1.54) is 12.4 Å². The van der Waals surface area contributed by atoms with Crippen LogP contribution >= 0.6 is 0 Å². The zero-order chi connectivity index (χ0) is 12.7. The Kier molecular flexibility index (Phi) is 2.15. The molecule has 2 aromatic heterocycles. The van der Waals surface area contributed by atoms with E-state index in [0.717, 1.165) is 16.8 Å². The molecule has 6 nitrogen and oxygen atoms in total. The van der Waals surface area contributed by atoms with Crippen LogP contribution < -0.4 is 5.73 Å². The van der Waals surface area contributed by atoms with Gasteiger partial charge in [0.25, 0.3) is 0 Å². The van der Waals surface area contributed by atoms with E-state index in [1.807, 2.05) is 0 Å². The zero-order valence-electron chi connectivity index (χ0n) is 8.88. The van der Waals surface area contributed by atoms with E-state index >= 15 is 0 Å². The summed E-state index contributed by atoms with van der Waals surface area (Å²) in [6.07, 6.45) is 1.18. The number of aromatic nitrogens is 5. The van der Waals surface area contributed by atoms with Gasteiger partial charge in [-0.05, 0) is 12.1 Å². The van der Waals surface area contributed by atoms with E-state index < -0.39 is 11.6 Å². The van der Waals surface area contributed by atoms with Gasteiger partial charge in [-0.3, -0.25) is 0 Å². The largest absolute Gasteiger partial charge is 0.382 e. The zero-order valence-corrected chi connectivity index (χ0v) is 8.88. The first-order valence-corrected chi connectivity index (χ1v) is 4.95. The fraction of sp³-hybridized carbons (Fsp3) is 0. The van der Waals surface area contributed by atoms with Gasteiger partial charge in [-0.25, -0.2) is 18.7 Å². The van der Waals surface area contributed by atoms with Crippen LogP contribution in [-0.2, 0) is 0 Å². The van der Waals surface area contributed by atoms with Crippen LogP contribution in [0.3, 0.4) is 0 Å². The van der Waals surface area contributed by atoms with Crippen molar-refractivity contribution in [3.63, 3.8) is 0 Å². The van der Waals surface area contributed by atoms with Gasteiger partial charge >= 0.3 is 0 Å². The molecular formula is C10H6F2N6. The Morgan fingerprint density at radius 2 is 1.83 bits per heavy atom. The van der Waals surface area contributed by atoms with Crippen LogP contribution in [0.25, 0.3) is 16.9 Å². The van der Waals surface area contributed by atoms with Crippen molar-refractivity contribution < 1.29 is 8.78 Å². The van der Waals surface area contributed by atoms with Gasteiger partial charge in [0.05, 0.1) is 0 Å². The number of nitrogens with zero attached hydrogens (tertiary/aromatic N) is 5. The first-order valence-electron chi connectivity index (χ1n) is 4.95. The number of benzene rings is 1. The van der Waals surface area contributed by atoms with E-state index in [-0.39, 0.29) is 22.7 Å². The van der Waals surface area contributed by atoms with Gasteiger partial charge in [0.2, 0.25) is 0 Å². The van der Waals surface area contributed by atoms with Crippen LogP contribution in [0.15, 0.2) is 24.5 Å². The number of nitrogens with two attached hydrogens (primary N) is 1. The van der Waals surface area contributed by atoms with Crippen molar-refractivity contribution in [3.8, 4) is 5.69 Å². The Hall–Kier alpha value is -2.64. The molecule has 0 radical (unpaired) electrons. The van der Waals surface area contributed by atoms with E-state index in [4.69, 9.17) is 5.73 Å². The maximum Gasteiger partial charge on any atom is 0.189 e. The monoisotopic (exact) mass is 248 g/mol. The number of fused-ring (bicyclic) bond motifs is 1. The summed E-state index contributed by atoms with van der Waals surface area (Å²) < 4.78 is 28.2. The van der Waals surface area contributed by atoms with Crippen molar-refractivity contribution in [3.05, 3.63) is 36.2 Å². The average Bonchev–Trinajstić information content (AvgIpc) is 2.75. The fourth-order valence-electron chi connectivity index (χ4n) is 1.61. The quantitative estimate of drug-likeness (QED) is 0.696. The molecule has 8 heteroatoms. The molecule has 0 saturated heterocycles. The number of hydrogen-bond acceptors (Lipinski definition) is 5. The van der Waals surface area contributed by atoms with Crippen LogP contribution in [0.1, 0.15) is 0 Å². The molecule has 0 atom stereocenters. The molecule has 2 heterocycles. The molecule has 0 bridgehead atoms. The highest BCUT2D eigenvalue weighted by Crippen LogP contribution is 2.21. The molecule has 0 aliphatic heterocycles. The number of hydrogen-bond donors (Lipinski definition) is 1. The molecule has 0 fully saturated rings. The van der Waals surface area contributed by atoms with Crippen LogP contribution in [0.2, 0.25) is 0 Å². The van der Waals surface area contributed by atoms with E-state index in [2.05, 4.69) is 20.3 Å². The second-order valence-electron chi connectivity index (χ2n) is 3.50. The molecule has 0 unspecified atom stereocenters. The lowest BCUT2D eigenvalue weighted by Crippen LogP contribution is -2.04. The van der Waals surface area contributed by atoms with E-state index in [0.29, 0.717) is 0 Å². The molecule has 90 valence electrons. The van der Waals surface area contributed by atoms with Crippen molar-refractivity contribution in [1.82, 2.24) is 25.0 Å². The minimum absolute atomic E-state index is 0.1000. The van der Waals surface area contributed by atoms with E-state index in [9.17, 15) is 8.78 Å². The van der Waals surface area contributed by atoms with Crippen LogP contribution in [-0.4, -0.2) is 25.0 Å². The lowest BCUT2D eigenvalue weighted by Gasteiger charge is -2.04. The molecule has 18 heavy (non-hydrogen) atoms. The molecule has 3 aromatic rings. The molecule has 0 spiro atoms. The number of anilines is 1. The maximum absolute atomic E-state index is 13.6. The van der Waals surface area contributed by atoms with Crippen molar-refractivity contribution in [2.45, 2.75) is 0 Å². The second-order valence-corrected chi connectivity index (χ2v) is 3.50. The Morgan fingerprint density at radius 3 is 2.56 bits per heavy atom. The van der Waals surface area contributed by atoms with Gasteiger partial charge in [0.1, 0.15) is 12.0 Å². The van der Waals surface area contributed by atoms with Crippen LogP contribution in [0, 0.1) is 11.6 Å². The summed E-state index contributed by atoms with van der Waals surface area (Å²) >= 11 is 0. The summed E-state index contributed by atoms with van der Waals surface area (Å²) in [5.41, 5.74) is 5.56. The van der Waals surface area contributed by atoms with Crippen molar-refractivity contribution >= 4 is 17.0 Å². The normalized spacial score (nSPS) is 11.0. The third-order valence-corrected chi connectivity index (χ3v) is 2.42. The lowest BCUT2D eigenvalue weighted by molar-refractivity contribution is 0.558. The molecule has 0 aliphatic carbocycles. The van der Waals surface area contributed by atoms with Crippen LogP contribution in [0.5, 0.6) is 0 Å². The molecule has 3 rings (SSSR count). The summed E-state index contributed by atoms with van der Waals surface area (Å²) in [6.45, 7) is 0. The predicted octanol–water partition coefficient (Wildman–Crippen LogP) is 1.07. The smallest absolute Gasteiger partial charge is 0.189 e. The molecule has 1 aromatic carbocycles. The number of nitrogen functional groups attached to an aromatic ring is 1. The fourth-order valence-corrected chi connectivity index (χ4v) is 1.61. The SMILES string of the molecule is Nc1ncnc2c1nnn2-c1c(F)cccc1F. The van der Waals surface area contributed by atoms with Gasteiger partial charge in [-0.1, -0.05) is 11.3 Å². The Morgan fingerprint density at radius 1 is 1.11 bits per heavy atom. The summed E-state index contributed by atoms with van der Waals surface area (Å²) in [6, 6.07) is 3.50. The van der Waals surface area contributed by atoms with Crippen molar-refractivity contribution in [2.75, 3.05) is 5.73 Å². The topological polar surface area (TPSA) is 82.5 Å². The highest BCUT2D eigenvalue weighted by molar-refractivity contribution is 5.81. The standard InChI is InChI=1S/C10H6F2N6/c11-5-2-1-3-6(12)8(5)18-10-7(16-17-18)9(13)14-4-15-10/h1-4H,(H2,13,14,15). The highest BCUT2D eigenvalue weighted by atomic mass is 19.1. The number of para-hydroxylation sites is 1. The van der Waals surface area contributed by atoms with Gasteiger partial charge in [0.15, 0.2) is 28.6 Å². The minimum Gasteiger partial charge on any atom is -0.382 e. The van der Waals surface area contributed by atoms with Gasteiger partial charge in [-0.15, -0.1) is 5.10 Å². The van der Waals surface area contributed by atoms with Crippen molar-refractivity contribution in [1.29, 1.82) is 0 Å². The predicted molar refractivity (Wildman–Crippen MR) is 58.8 cm³/mol. The molecule has 0 amide bonds. The second kappa shape index (κ2) is 3.69. The molecule has 2 N–H and O–H groups in total. The highest BCUT2D eigenvalue weighted by Gasteiger charge is 2.17. The van der Waals surface area contributed by atoms with Gasteiger partial charge in [-0.2, -0.15) is 4.68 Å². The van der Waals surface area contributed by atoms with Crippen molar-refractivity contribution in [2.24, 2.45) is 0 Å². The molecule has 0 aliphatic rings. The Balaban J connectivity index is 2.36. The summed E-state index contributed by atoms with van der Waals surface area (Å²) in [7, 11) is 0. The lowest BCUT2D eigenvalue weighted by atomic mass is 10.3. The third kappa shape index (κ3) is 1.39.